The molecule has 0 unspecified atom stereocenters. The van der Waals surface area contributed by atoms with Gasteiger partial charge < -0.3 is 4.90 Å². The quantitative estimate of drug-likeness (QED) is 0.599. The second kappa shape index (κ2) is 7.32. The van der Waals surface area contributed by atoms with Crippen molar-refractivity contribution in [3.05, 3.63) is 71.8 Å². The van der Waals surface area contributed by atoms with E-state index in [1.165, 1.54) is 31.5 Å². The highest BCUT2D eigenvalue weighted by Crippen LogP contribution is 2.24. The van der Waals surface area contributed by atoms with Gasteiger partial charge in [-0.3, -0.25) is 4.40 Å². The fourth-order valence-corrected chi connectivity index (χ4v) is 4.55. The van der Waals surface area contributed by atoms with Gasteiger partial charge in [-0.1, -0.05) is 49.4 Å². The van der Waals surface area contributed by atoms with Crippen LogP contribution >= 0.6 is 0 Å². The summed E-state index contributed by atoms with van der Waals surface area (Å²) in [6, 6.07) is 19.2. The first kappa shape index (κ1) is 17.3. The van der Waals surface area contributed by atoms with E-state index in [2.05, 4.69) is 64.0 Å². The second-order valence-electron chi connectivity index (χ2n) is 7.79. The Morgan fingerprint density at radius 1 is 0.929 bits per heavy atom. The number of hydrogen-bond donors (Lipinski definition) is 1. The van der Waals surface area contributed by atoms with Crippen molar-refractivity contribution in [2.75, 3.05) is 13.1 Å². The topological polar surface area (TPSA) is 47.5 Å². The van der Waals surface area contributed by atoms with Gasteiger partial charge >= 0.3 is 0 Å². The predicted octanol–water partition coefficient (Wildman–Crippen LogP) is 2.80. The lowest BCUT2D eigenvalue weighted by Gasteiger charge is -2.29. The molecule has 0 aliphatic carbocycles. The SMILES string of the molecule is CCc1nc2ccccc2c2nnc(C[NH+]3CCC(c4ccccc4)CC3)n12. The van der Waals surface area contributed by atoms with Crippen molar-refractivity contribution in [3.8, 4) is 0 Å². The standard InChI is InChI=1S/C23H25N5/c1-2-21-24-20-11-7-6-10-19(20)23-26-25-22(28(21)23)16-27-14-12-18(13-15-27)17-8-4-3-5-9-17/h3-11,18H,2,12-16H2,1H3/p+1. The highest BCUT2D eigenvalue weighted by molar-refractivity contribution is 5.91. The van der Waals surface area contributed by atoms with E-state index in [4.69, 9.17) is 4.98 Å². The summed E-state index contributed by atoms with van der Waals surface area (Å²) >= 11 is 0. The minimum atomic E-state index is 0.692. The van der Waals surface area contributed by atoms with Crippen molar-refractivity contribution in [3.63, 3.8) is 0 Å². The van der Waals surface area contributed by atoms with Crippen LogP contribution in [0.4, 0.5) is 0 Å². The van der Waals surface area contributed by atoms with Crippen LogP contribution in [0, 0.1) is 0 Å². The Balaban J connectivity index is 1.40. The van der Waals surface area contributed by atoms with Crippen LogP contribution in [0.3, 0.4) is 0 Å². The van der Waals surface area contributed by atoms with Gasteiger partial charge in [-0.15, -0.1) is 10.2 Å². The number of hydrogen-bond acceptors (Lipinski definition) is 3. The zero-order chi connectivity index (χ0) is 18.9. The number of likely N-dealkylation sites (tertiary alicyclic amines) is 1. The van der Waals surface area contributed by atoms with Crippen molar-refractivity contribution in [1.82, 2.24) is 19.6 Å². The first-order valence-electron chi connectivity index (χ1n) is 10.3. The number of benzene rings is 2. The molecule has 1 saturated heterocycles. The van der Waals surface area contributed by atoms with Crippen molar-refractivity contribution in [2.24, 2.45) is 0 Å². The summed E-state index contributed by atoms with van der Waals surface area (Å²) in [7, 11) is 0. The minimum Gasteiger partial charge on any atom is -0.329 e. The summed E-state index contributed by atoms with van der Waals surface area (Å²) in [6.07, 6.45) is 3.34. The molecule has 5 nitrogen and oxygen atoms in total. The molecule has 142 valence electrons. The molecule has 0 spiro atoms. The second-order valence-corrected chi connectivity index (χ2v) is 7.79. The summed E-state index contributed by atoms with van der Waals surface area (Å²) in [5.74, 6) is 2.78. The lowest BCUT2D eigenvalue weighted by molar-refractivity contribution is -0.919. The third-order valence-corrected chi connectivity index (χ3v) is 6.07. The number of rotatable bonds is 4. The summed E-state index contributed by atoms with van der Waals surface area (Å²) in [5, 5.41) is 10.2. The Kier molecular flexibility index (Phi) is 4.53. The zero-order valence-corrected chi connectivity index (χ0v) is 16.3. The fourth-order valence-electron chi connectivity index (χ4n) is 4.55. The highest BCUT2D eigenvalue weighted by Gasteiger charge is 2.25. The van der Waals surface area contributed by atoms with Gasteiger partial charge in [0.15, 0.2) is 11.5 Å². The van der Waals surface area contributed by atoms with Crippen LogP contribution < -0.4 is 4.90 Å². The summed E-state index contributed by atoms with van der Waals surface area (Å²) in [4.78, 5) is 6.47. The summed E-state index contributed by atoms with van der Waals surface area (Å²) < 4.78 is 2.19. The molecule has 2 aromatic heterocycles. The van der Waals surface area contributed by atoms with Crippen LogP contribution in [0.2, 0.25) is 0 Å². The molecule has 0 bridgehead atoms. The van der Waals surface area contributed by atoms with Crippen LogP contribution in [0.1, 0.15) is 42.9 Å². The number of aromatic nitrogens is 4. The van der Waals surface area contributed by atoms with Gasteiger partial charge in [0, 0.05) is 24.6 Å². The number of quaternary nitrogens is 1. The molecule has 4 aromatic rings. The third-order valence-electron chi connectivity index (χ3n) is 6.07. The fraction of sp³-hybridized carbons (Fsp3) is 0.348. The van der Waals surface area contributed by atoms with Crippen molar-refractivity contribution < 1.29 is 4.90 Å². The van der Waals surface area contributed by atoms with Crippen molar-refractivity contribution >= 4 is 16.6 Å². The predicted molar refractivity (Wildman–Crippen MR) is 110 cm³/mol. The molecular formula is C23H26N5+. The van der Waals surface area contributed by atoms with Crippen molar-refractivity contribution in [2.45, 2.75) is 38.6 Å². The van der Waals surface area contributed by atoms with Gasteiger partial charge in [0.1, 0.15) is 12.4 Å². The Morgan fingerprint density at radius 3 is 2.46 bits per heavy atom. The summed E-state index contributed by atoms with van der Waals surface area (Å²) in [5.41, 5.74) is 3.43. The molecule has 5 rings (SSSR count). The third kappa shape index (κ3) is 3.06. The van der Waals surface area contributed by atoms with Crippen LogP contribution in [-0.2, 0) is 13.0 Å². The average Bonchev–Trinajstić information content (AvgIpc) is 3.18. The molecule has 3 heterocycles. The Labute approximate surface area is 165 Å². The molecule has 2 aromatic carbocycles. The average molecular weight is 372 g/mol. The highest BCUT2D eigenvalue weighted by atomic mass is 15.3. The molecule has 0 radical (unpaired) electrons. The minimum absolute atomic E-state index is 0.692. The van der Waals surface area contributed by atoms with E-state index in [-0.39, 0.29) is 0 Å². The maximum Gasteiger partial charge on any atom is 0.194 e. The van der Waals surface area contributed by atoms with Gasteiger partial charge in [0.2, 0.25) is 0 Å². The maximum absolute atomic E-state index is 4.87. The first-order chi connectivity index (χ1) is 13.8. The molecule has 28 heavy (non-hydrogen) atoms. The lowest BCUT2D eigenvalue weighted by Crippen LogP contribution is -3.11. The van der Waals surface area contributed by atoms with Gasteiger partial charge in [0.05, 0.1) is 18.6 Å². The molecule has 0 amide bonds. The van der Waals surface area contributed by atoms with E-state index in [0.29, 0.717) is 5.92 Å². The van der Waals surface area contributed by atoms with Gasteiger partial charge in [-0.2, -0.15) is 0 Å². The van der Waals surface area contributed by atoms with E-state index in [1.54, 1.807) is 4.90 Å². The van der Waals surface area contributed by atoms with E-state index in [0.717, 1.165) is 41.2 Å². The number of nitrogens with zero attached hydrogens (tertiary/aromatic N) is 4. The van der Waals surface area contributed by atoms with Gasteiger partial charge in [-0.05, 0) is 23.6 Å². The molecule has 1 aliphatic rings. The monoisotopic (exact) mass is 372 g/mol. The zero-order valence-electron chi connectivity index (χ0n) is 16.3. The molecule has 5 heteroatoms. The van der Waals surface area contributed by atoms with E-state index < -0.39 is 0 Å². The largest absolute Gasteiger partial charge is 0.329 e. The smallest absolute Gasteiger partial charge is 0.194 e. The Morgan fingerprint density at radius 2 is 1.68 bits per heavy atom. The van der Waals surface area contributed by atoms with E-state index >= 15 is 0 Å². The lowest BCUT2D eigenvalue weighted by atomic mass is 9.89. The number of piperidine rings is 1. The summed E-state index contributed by atoms with van der Waals surface area (Å²) in [6.45, 7) is 5.42. The number of fused-ring (bicyclic) bond motifs is 3. The van der Waals surface area contributed by atoms with Crippen LogP contribution in [0.5, 0.6) is 0 Å². The van der Waals surface area contributed by atoms with Gasteiger partial charge in [-0.25, -0.2) is 4.98 Å². The normalized spacial score (nSPS) is 20.0. The number of nitrogens with one attached hydrogen (secondary N) is 1. The van der Waals surface area contributed by atoms with E-state index in [1.807, 2.05) is 12.1 Å². The van der Waals surface area contributed by atoms with E-state index in [9.17, 15) is 0 Å². The van der Waals surface area contributed by atoms with Crippen LogP contribution in [0.25, 0.3) is 16.6 Å². The van der Waals surface area contributed by atoms with Crippen LogP contribution in [-0.4, -0.2) is 32.7 Å². The molecule has 1 aliphatic heterocycles. The molecular weight excluding hydrogens is 346 g/mol. The maximum atomic E-state index is 4.87. The van der Waals surface area contributed by atoms with Crippen LogP contribution in [0.15, 0.2) is 54.6 Å². The first-order valence-corrected chi connectivity index (χ1v) is 10.3. The Bertz CT molecular complexity index is 1090. The molecule has 0 saturated carbocycles. The molecule has 1 fully saturated rings. The molecule has 1 N–H and O–H groups in total. The van der Waals surface area contributed by atoms with Crippen molar-refractivity contribution in [1.29, 1.82) is 0 Å². The number of aryl methyl sites for hydroxylation is 1. The van der Waals surface area contributed by atoms with Gasteiger partial charge in [0.25, 0.3) is 0 Å². The molecule has 0 atom stereocenters. The Hall–Kier alpha value is -2.79. The number of para-hydroxylation sites is 1.